The summed E-state index contributed by atoms with van der Waals surface area (Å²) in [5.74, 6) is 0.822. The van der Waals surface area contributed by atoms with Crippen molar-refractivity contribution in [1.82, 2.24) is 19.9 Å². The number of nitrogens with one attached hydrogen (secondary N) is 2. The molecule has 1 aromatic carbocycles. The van der Waals surface area contributed by atoms with Gasteiger partial charge in [0.15, 0.2) is 11.5 Å². The number of aromatic amines is 1. The first-order valence-corrected chi connectivity index (χ1v) is 5.03. The van der Waals surface area contributed by atoms with Crippen molar-refractivity contribution >= 4 is 22.7 Å². The van der Waals surface area contributed by atoms with Gasteiger partial charge in [0.25, 0.3) is 0 Å². The number of benzene rings is 1. The molecule has 84 valence electrons. The van der Waals surface area contributed by atoms with Gasteiger partial charge in [-0.1, -0.05) is 6.07 Å². The lowest BCUT2D eigenvalue weighted by atomic mass is 10.3. The van der Waals surface area contributed by atoms with E-state index in [2.05, 4.69) is 25.3 Å². The highest BCUT2D eigenvalue weighted by molar-refractivity contribution is 5.84. The molecule has 0 fully saturated rings. The summed E-state index contributed by atoms with van der Waals surface area (Å²) < 4.78 is 0. The molecule has 3 N–H and O–H groups in total. The Kier molecular flexibility index (Phi) is 2.11. The van der Waals surface area contributed by atoms with E-state index >= 15 is 0 Å². The summed E-state index contributed by atoms with van der Waals surface area (Å²) in [6.07, 6.45) is 3.00. The van der Waals surface area contributed by atoms with Gasteiger partial charge in [-0.05, 0) is 12.1 Å². The standard InChI is InChI=1S/C11H9N5O/c17-8-3-1-2-7(4-8)16-11-9-10(13-5-12-9)14-6-15-11/h1-6,17H,(H2,12,13,14,15,16). The lowest BCUT2D eigenvalue weighted by molar-refractivity contribution is 0.475. The fourth-order valence-electron chi connectivity index (χ4n) is 1.58. The molecule has 0 aliphatic carbocycles. The minimum absolute atomic E-state index is 0.199. The van der Waals surface area contributed by atoms with Gasteiger partial charge in [0.1, 0.15) is 17.6 Å². The summed E-state index contributed by atoms with van der Waals surface area (Å²) >= 11 is 0. The van der Waals surface area contributed by atoms with Crippen LogP contribution in [-0.2, 0) is 0 Å². The van der Waals surface area contributed by atoms with Crippen molar-refractivity contribution in [2.24, 2.45) is 0 Å². The number of H-pyrrole nitrogens is 1. The van der Waals surface area contributed by atoms with Gasteiger partial charge in [0.05, 0.1) is 6.33 Å². The fourth-order valence-corrected chi connectivity index (χ4v) is 1.58. The molecule has 0 radical (unpaired) electrons. The maximum atomic E-state index is 9.37. The van der Waals surface area contributed by atoms with Crippen LogP contribution in [0, 0.1) is 0 Å². The smallest absolute Gasteiger partial charge is 0.182 e. The lowest BCUT2D eigenvalue weighted by Crippen LogP contribution is -1.95. The summed E-state index contributed by atoms with van der Waals surface area (Å²) in [5, 5.41) is 12.5. The number of hydrogen-bond acceptors (Lipinski definition) is 5. The zero-order valence-electron chi connectivity index (χ0n) is 8.75. The van der Waals surface area contributed by atoms with Crippen molar-refractivity contribution < 1.29 is 5.11 Å². The molecule has 3 aromatic rings. The van der Waals surface area contributed by atoms with Crippen molar-refractivity contribution in [3.05, 3.63) is 36.9 Å². The van der Waals surface area contributed by atoms with E-state index in [1.165, 1.54) is 6.33 Å². The molecule has 17 heavy (non-hydrogen) atoms. The average molecular weight is 227 g/mol. The number of anilines is 2. The predicted molar refractivity (Wildman–Crippen MR) is 63.1 cm³/mol. The summed E-state index contributed by atoms with van der Waals surface area (Å²) in [6.45, 7) is 0. The zero-order chi connectivity index (χ0) is 11.7. The maximum absolute atomic E-state index is 9.37. The molecule has 6 heteroatoms. The molecule has 0 spiro atoms. The van der Waals surface area contributed by atoms with Gasteiger partial charge in [0.2, 0.25) is 0 Å². The van der Waals surface area contributed by atoms with E-state index < -0.39 is 0 Å². The van der Waals surface area contributed by atoms with Gasteiger partial charge >= 0.3 is 0 Å². The minimum atomic E-state index is 0.199. The number of hydrogen-bond donors (Lipinski definition) is 3. The first-order chi connectivity index (χ1) is 8.33. The second kappa shape index (κ2) is 3.75. The molecule has 0 unspecified atom stereocenters. The normalized spacial score (nSPS) is 10.6. The third kappa shape index (κ3) is 1.76. The van der Waals surface area contributed by atoms with Crippen LogP contribution < -0.4 is 5.32 Å². The number of aromatic hydroxyl groups is 1. The number of phenolic OH excluding ortho intramolecular Hbond substituents is 1. The Morgan fingerprint density at radius 1 is 1.18 bits per heavy atom. The molecular weight excluding hydrogens is 218 g/mol. The highest BCUT2D eigenvalue weighted by Crippen LogP contribution is 2.22. The molecule has 2 heterocycles. The molecule has 6 nitrogen and oxygen atoms in total. The minimum Gasteiger partial charge on any atom is -0.508 e. The number of phenols is 1. The lowest BCUT2D eigenvalue weighted by Gasteiger charge is -2.05. The quantitative estimate of drug-likeness (QED) is 0.621. The van der Waals surface area contributed by atoms with E-state index in [0.29, 0.717) is 11.5 Å². The second-order valence-electron chi connectivity index (χ2n) is 3.50. The summed E-state index contributed by atoms with van der Waals surface area (Å²) in [5.41, 5.74) is 2.08. The Morgan fingerprint density at radius 3 is 3.00 bits per heavy atom. The van der Waals surface area contributed by atoms with Crippen LogP contribution in [0.5, 0.6) is 5.75 Å². The van der Waals surface area contributed by atoms with E-state index in [1.54, 1.807) is 24.5 Å². The van der Waals surface area contributed by atoms with E-state index in [4.69, 9.17) is 0 Å². The summed E-state index contributed by atoms with van der Waals surface area (Å²) in [4.78, 5) is 15.2. The predicted octanol–water partition coefficient (Wildman–Crippen LogP) is 1.80. The molecule has 0 atom stereocenters. The van der Waals surface area contributed by atoms with E-state index in [9.17, 15) is 5.11 Å². The molecule has 0 aliphatic rings. The second-order valence-corrected chi connectivity index (χ2v) is 3.50. The topological polar surface area (TPSA) is 86.7 Å². The SMILES string of the molecule is Oc1cccc(Nc2ncnc3nc[nH]c23)c1. The van der Waals surface area contributed by atoms with Crippen LogP contribution >= 0.6 is 0 Å². The molecule has 0 bridgehead atoms. The Balaban J connectivity index is 2.02. The number of nitrogens with zero attached hydrogens (tertiary/aromatic N) is 3. The fraction of sp³-hybridized carbons (Fsp3) is 0. The van der Waals surface area contributed by atoms with Crippen LogP contribution in [0.1, 0.15) is 0 Å². The van der Waals surface area contributed by atoms with Crippen LogP contribution in [0.25, 0.3) is 11.2 Å². The molecule has 3 rings (SSSR count). The number of fused-ring (bicyclic) bond motifs is 1. The summed E-state index contributed by atoms with van der Waals surface area (Å²) in [6, 6.07) is 6.81. The average Bonchev–Trinajstić information content (AvgIpc) is 2.78. The van der Waals surface area contributed by atoms with Crippen LogP contribution in [0.4, 0.5) is 11.5 Å². The van der Waals surface area contributed by atoms with Gasteiger partial charge < -0.3 is 15.4 Å². The van der Waals surface area contributed by atoms with Crippen molar-refractivity contribution in [1.29, 1.82) is 0 Å². The Hall–Kier alpha value is -2.63. The van der Waals surface area contributed by atoms with Crippen LogP contribution in [0.3, 0.4) is 0 Å². The molecule has 0 amide bonds. The van der Waals surface area contributed by atoms with E-state index in [1.807, 2.05) is 6.07 Å². The van der Waals surface area contributed by atoms with Crippen molar-refractivity contribution in [2.75, 3.05) is 5.32 Å². The maximum Gasteiger partial charge on any atom is 0.182 e. The first kappa shape index (κ1) is 9.59. The largest absolute Gasteiger partial charge is 0.508 e. The highest BCUT2D eigenvalue weighted by atomic mass is 16.3. The highest BCUT2D eigenvalue weighted by Gasteiger charge is 2.05. The van der Waals surface area contributed by atoms with Crippen molar-refractivity contribution in [3.8, 4) is 5.75 Å². The van der Waals surface area contributed by atoms with E-state index in [0.717, 1.165) is 11.2 Å². The van der Waals surface area contributed by atoms with Crippen molar-refractivity contribution in [2.45, 2.75) is 0 Å². The van der Waals surface area contributed by atoms with Crippen molar-refractivity contribution in [3.63, 3.8) is 0 Å². The Bertz CT molecular complexity index is 664. The first-order valence-electron chi connectivity index (χ1n) is 5.03. The van der Waals surface area contributed by atoms with Crippen LogP contribution in [-0.4, -0.2) is 25.0 Å². The van der Waals surface area contributed by atoms with Crippen LogP contribution in [0.2, 0.25) is 0 Å². The molecule has 0 saturated carbocycles. The Morgan fingerprint density at radius 2 is 2.12 bits per heavy atom. The van der Waals surface area contributed by atoms with Gasteiger partial charge in [-0.25, -0.2) is 15.0 Å². The molecule has 2 aromatic heterocycles. The monoisotopic (exact) mass is 227 g/mol. The van der Waals surface area contributed by atoms with E-state index in [-0.39, 0.29) is 5.75 Å². The van der Waals surface area contributed by atoms with Gasteiger partial charge in [-0.2, -0.15) is 0 Å². The van der Waals surface area contributed by atoms with Gasteiger partial charge in [-0.3, -0.25) is 0 Å². The van der Waals surface area contributed by atoms with Crippen LogP contribution in [0.15, 0.2) is 36.9 Å². The van der Waals surface area contributed by atoms with Gasteiger partial charge in [0, 0.05) is 11.8 Å². The third-order valence-corrected chi connectivity index (χ3v) is 2.33. The Labute approximate surface area is 96.4 Å². The van der Waals surface area contributed by atoms with Gasteiger partial charge in [-0.15, -0.1) is 0 Å². The molecule has 0 aliphatic heterocycles. The number of aromatic nitrogens is 4. The number of imidazole rings is 1. The molecular formula is C11H9N5O. The molecule has 0 saturated heterocycles. The third-order valence-electron chi connectivity index (χ3n) is 2.33. The summed E-state index contributed by atoms with van der Waals surface area (Å²) in [7, 11) is 0. The number of rotatable bonds is 2. The zero-order valence-corrected chi connectivity index (χ0v) is 8.75.